The van der Waals surface area contributed by atoms with Gasteiger partial charge in [-0.15, -0.1) is 0 Å². The maximum Gasteiger partial charge on any atom is 0.191 e. The zero-order valence-electron chi connectivity index (χ0n) is 20.8. The van der Waals surface area contributed by atoms with E-state index in [0.717, 1.165) is 55.4 Å². The number of halogens is 2. The predicted molar refractivity (Wildman–Crippen MR) is 134 cm³/mol. The van der Waals surface area contributed by atoms with Gasteiger partial charge < -0.3 is 4.74 Å². The largest absolute Gasteiger partial charge is 0.485 e. The van der Waals surface area contributed by atoms with Crippen molar-refractivity contribution in [3.63, 3.8) is 0 Å². The van der Waals surface area contributed by atoms with Crippen molar-refractivity contribution >= 4 is 0 Å². The zero-order valence-corrected chi connectivity index (χ0v) is 20.8. The van der Waals surface area contributed by atoms with E-state index in [2.05, 4.69) is 13.8 Å². The molecule has 0 radical (unpaired) electrons. The maximum absolute atomic E-state index is 14.8. The Labute approximate surface area is 198 Å². The Morgan fingerprint density at radius 1 is 0.844 bits per heavy atom. The number of unbranched alkanes of at least 4 members (excludes halogenated alkanes) is 3. The highest BCUT2D eigenvalue weighted by Crippen LogP contribution is 2.45. The summed E-state index contributed by atoms with van der Waals surface area (Å²) in [4.78, 5) is 0. The summed E-state index contributed by atoms with van der Waals surface area (Å²) in [5, 5.41) is 0. The van der Waals surface area contributed by atoms with E-state index >= 15 is 0 Å². The Kier molecular flexibility index (Phi) is 10.3. The number of ether oxygens (including phenoxy) is 1. The molecule has 2 aliphatic carbocycles. The van der Waals surface area contributed by atoms with Crippen LogP contribution in [0.3, 0.4) is 0 Å². The second-order valence-corrected chi connectivity index (χ2v) is 10.8. The first-order chi connectivity index (χ1) is 15.5. The minimum Gasteiger partial charge on any atom is -0.485 e. The molecule has 32 heavy (non-hydrogen) atoms. The lowest BCUT2D eigenvalue weighted by molar-refractivity contribution is 0.156. The van der Waals surface area contributed by atoms with E-state index in [9.17, 15) is 8.78 Å². The Balaban J connectivity index is 0.00000289. The van der Waals surface area contributed by atoms with Gasteiger partial charge in [-0.05, 0) is 99.7 Å². The van der Waals surface area contributed by atoms with Crippen molar-refractivity contribution < 1.29 is 16.4 Å². The van der Waals surface area contributed by atoms with E-state index in [1.165, 1.54) is 64.2 Å². The van der Waals surface area contributed by atoms with Crippen LogP contribution >= 0.6 is 0 Å². The van der Waals surface area contributed by atoms with E-state index < -0.39 is 11.6 Å². The van der Waals surface area contributed by atoms with Gasteiger partial charge in [0.2, 0.25) is 0 Å². The molecule has 3 rings (SSSR count). The monoisotopic (exact) mass is 452 g/mol. The van der Waals surface area contributed by atoms with Crippen LogP contribution in [0.4, 0.5) is 8.78 Å². The molecule has 0 aliphatic heterocycles. The zero-order chi connectivity index (χ0) is 22.9. The molecule has 0 bridgehead atoms. The van der Waals surface area contributed by atoms with Crippen molar-refractivity contribution in [2.24, 2.45) is 17.8 Å². The highest BCUT2D eigenvalue weighted by molar-refractivity contribution is 5.33. The summed E-state index contributed by atoms with van der Waals surface area (Å²) >= 11 is 0. The van der Waals surface area contributed by atoms with Gasteiger partial charge in [-0.3, -0.25) is 0 Å². The van der Waals surface area contributed by atoms with Crippen LogP contribution in [-0.2, 0) is 0 Å². The third kappa shape index (κ3) is 7.19. The van der Waals surface area contributed by atoms with Gasteiger partial charge in [-0.25, -0.2) is 8.78 Å². The van der Waals surface area contributed by atoms with Gasteiger partial charge >= 0.3 is 0 Å². The van der Waals surface area contributed by atoms with E-state index in [1.54, 1.807) is 12.1 Å². The van der Waals surface area contributed by atoms with Gasteiger partial charge in [0, 0.05) is 2.85 Å². The van der Waals surface area contributed by atoms with Crippen molar-refractivity contribution in [1.82, 2.24) is 0 Å². The predicted octanol–water partition coefficient (Wildman–Crippen LogP) is 10.1. The molecule has 0 heterocycles. The van der Waals surface area contributed by atoms with Crippen molar-refractivity contribution in [3.05, 3.63) is 29.3 Å². The van der Waals surface area contributed by atoms with Crippen LogP contribution in [0.2, 0.25) is 0 Å². The normalized spacial score (nSPS) is 27.3. The summed E-state index contributed by atoms with van der Waals surface area (Å²) in [5.41, 5.74) is 0.827. The van der Waals surface area contributed by atoms with Crippen LogP contribution in [0, 0.1) is 29.4 Å². The van der Waals surface area contributed by atoms with Gasteiger partial charge in [0.25, 0.3) is 0 Å². The Bertz CT molecular complexity index is 660. The smallest absolute Gasteiger partial charge is 0.191 e. The number of hydrogen-bond donors (Lipinski definition) is 0. The van der Waals surface area contributed by atoms with Gasteiger partial charge in [0.05, 0.1) is 6.10 Å². The Hall–Kier alpha value is -1.12. The van der Waals surface area contributed by atoms with Crippen LogP contribution in [0.5, 0.6) is 5.75 Å². The van der Waals surface area contributed by atoms with E-state index in [-0.39, 0.29) is 20.6 Å². The first-order valence-electron chi connectivity index (χ1n) is 13.7. The molecule has 0 amide bonds. The summed E-state index contributed by atoms with van der Waals surface area (Å²) in [7, 11) is 0. The summed E-state index contributed by atoms with van der Waals surface area (Å²) in [6, 6.07) is 3.09. The molecule has 1 atom stereocenters. The van der Waals surface area contributed by atoms with Crippen LogP contribution < -0.4 is 4.74 Å². The Morgan fingerprint density at radius 2 is 1.44 bits per heavy atom. The highest BCUT2D eigenvalue weighted by atomic mass is 19.1. The van der Waals surface area contributed by atoms with Crippen LogP contribution in [0.25, 0.3) is 0 Å². The lowest BCUT2D eigenvalue weighted by Crippen LogP contribution is -2.25. The molecule has 2 saturated carbocycles. The molecule has 2 aliphatic rings. The quantitative estimate of drug-likeness (QED) is 0.303. The topological polar surface area (TPSA) is 9.23 Å². The lowest BCUT2D eigenvalue weighted by Gasteiger charge is -2.38. The molecule has 0 aromatic heterocycles. The molecule has 186 valence electrons. The summed E-state index contributed by atoms with van der Waals surface area (Å²) < 4.78 is 35.2. The van der Waals surface area contributed by atoms with Crippen molar-refractivity contribution in [2.75, 3.05) is 0 Å². The standard InChI is InChI=1S/C29H46F2O.2H2/c1-4-6-7-8-10-21(3)32-29-27(30)19-26(20-28(29)31)25-17-15-24(16-18-25)23-13-11-22(9-5-2)12-14-23;;/h19-25H,4-18H2,1-3H3;2*1H. The molecular weight excluding hydrogens is 402 g/mol. The van der Waals surface area contributed by atoms with E-state index in [4.69, 9.17) is 4.74 Å². The number of hydrogen-bond acceptors (Lipinski definition) is 1. The first-order valence-corrected chi connectivity index (χ1v) is 13.7. The van der Waals surface area contributed by atoms with Gasteiger partial charge in [-0.1, -0.05) is 58.8 Å². The molecule has 0 spiro atoms. The first kappa shape index (κ1) is 25.5. The minimum atomic E-state index is -0.531. The van der Waals surface area contributed by atoms with Crippen molar-refractivity contribution in [1.29, 1.82) is 0 Å². The summed E-state index contributed by atoms with van der Waals surface area (Å²) in [6.45, 7) is 6.39. The molecule has 1 aromatic rings. The van der Waals surface area contributed by atoms with Gasteiger partial charge in [-0.2, -0.15) is 0 Å². The molecule has 1 aromatic carbocycles. The average Bonchev–Trinajstić information content (AvgIpc) is 2.80. The molecule has 0 N–H and O–H groups in total. The van der Waals surface area contributed by atoms with Crippen LogP contribution in [-0.4, -0.2) is 6.10 Å². The average molecular weight is 453 g/mol. The molecule has 1 nitrogen and oxygen atoms in total. The minimum absolute atomic E-state index is 0. The second kappa shape index (κ2) is 12.9. The molecule has 3 heteroatoms. The van der Waals surface area contributed by atoms with Crippen molar-refractivity contribution in [3.8, 4) is 5.75 Å². The molecule has 1 unspecified atom stereocenters. The third-order valence-corrected chi connectivity index (χ3v) is 8.30. The fourth-order valence-electron chi connectivity index (χ4n) is 6.33. The van der Waals surface area contributed by atoms with Crippen molar-refractivity contribution in [2.45, 2.75) is 129 Å². The maximum atomic E-state index is 14.8. The fourth-order valence-corrected chi connectivity index (χ4v) is 6.33. The van der Waals surface area contributed by atoms with Crippen LogP contribution in [0.15, 0.2) is 12.1 Å². The third-order valence-electron chi connectivity index (χ3n) is 8.30. The van der Waals surface area contributed by atoms with E-state index in [0.29, 0.717) is 0 Å². The highest BCUT2D eigenvalue weighted by Gasteiger charge is 2.31. The summed E-state index contributed by atoms with van der Waals surface area (Å²) in [5.74, 6) is 1.69. The second-order valence-electron chi connectivity index (χ2n) is 10.8. The number of benzene rings is 1. The SMILES string of the molecule is CCCCCCC(C)Oc1c(F)cc(C2CCC(C3CCC(CCC)CC3)CC2)cc1F.[HH].[HH]. The van der Waals surface area contributed by atoms with Gasteiger partial charge in [0.15, 0.2) is 17.4 Å². The molecule has 0 saturated heterocycles. The van der Waals surface area contributed by atoms with E-state index in [1.807, 2.05) is 6.92 Å². The molecular formula is C29H50F2O. The Morgan fingerprint density at radius 3 is 2.00 bits per heavy atom. The van der Waals surface area contributed by atoms with Gasteiger partial charge in [0.1, 0.15) is 0 Å². The fraction of sp³-hybridized carbons (Fsp3) is 0.793. The van der Waals surface area contributed by atoms with Crippen LogP contribution in [0.1, 0.15) is 131 Å². The lowest BCUT2D eigenvalue weighted by atomic mass is 9.68. The number of rotatable bonds is 11. The summed E-state index contributed by atoms with van der Waals surface area (Å²) in [6.07, 6.45) is 18.1. The molecule has 2 fully saturated rings.